The lowest BCUT2D eigenvalue weighted by molar-refractivity contribution is -0.385. The quantitative estimate of drug-likeness (QED) is 0.536. The van der Waals surface area contributed by atoms with E-state index in [0.717, 1.165) is 5.69 Å². The molecule has 9 heteroatoms. The van der Waals surface area contributed by atoms with Crippen LogP contribution in [0.5, 0.6) is 5.75 Å². The van der Waals surface area contributed by atoms with Crippen LogP contribution in [-0.4, -0.2) is 28.5 Å². The Morgan fingerprint density at radius 2 is 2.20 bits per heavy atom. The number of anilines is 1. The van der Waals surface area contributed by atoms with Gasteiger partial charge in [-0.1, -0.05) is 0 Å². The Hall–Kier alpha value is -2.94. The van der Waals surface area contributed by atoms with Gasteiger partial charge < -0.3 is 14.6 Å². The second-order valence-electron chi connectivity index (χ2n) is 5.35. The van der Waals surface area contributed by atoms with Gasteiger partial charge in [-0.3, -0.25) is 14.9 Å². The van der Waals surface area contributed by atoms with Crippen molar-refractivity contribution in [2.24, 2.45) is 0 Å². The fraction of sp³-hybridized carbons (Fsp3) is 0.250. The highest BCUT2D eigenvalue weighted by Gasteiger charge is 2.17. The molecule has 1 N–H and O–H groups in total. The van der Waals surface area contributed by atoms with E-state index in [1.807, 2.05) is 17.3 Å². The maximum absolute atomic E-state index is 12.0. The van der Waals surface area contributed by atoms with Gasteiger partial charge in [0.15, 0.2) is 5.75 Å². The monoisotopic (exact) mass is 360 g/mol. The Kier molecular flexibility index (Phi) is 4.66. The van der Waals surface area contributed by atoms with E-state index in [9.17, 15) is 14.9 Å². The van der Waals surface area contributed by atoms with Crippen LogP contribution in [0.25, 0.3) is 10.2 Å². The van der Waals surface area contributed by atoms with Crippen LogP contribution >= 0.6 is 11.3 Å². The van der Waals surface area contributed by atoms with Gasteiger partial charge in [0, 0.05) is 24.9 Å². The zero-order chi connectivity index (χ0) is 18.0. The first kappa shape index (κ1) is 16.9. The number of hydrogen-bond acceptors (Lipinski definition) is 7. The molecule has 0 unspecified atom stereocenters. The Bertz CT molecular complexity index is 982. The molecule has 0 amide bonds. The molecular formula is C16H16N4O4S. The second-order valence-corrected chi connectivity index (χ2v) is 6.26. The lowest BCUT2D eigenvalue weighted by atomic mass is 10.2. The standard InChI is InChI=1S/C16H16N4O4S/c1-3-24-13-8-10(4-5-12(13)20(22)23)19(2)9-14-17-11-6-7-25-15(11)16(21)18-14/h4-8H,3,9H2,1-2H3,(H,17,18,21). The first-order valence-corrected chi connectivity index (χ1v) is 8.46. The zero-order valence-corrected chi connectivity index (χ0v) is 14.5. The van der Waals surface area contributed by atoms with Crippen molar-refractivity contribution in [1.29, 1.82) is 0 Å². The predicted molar refractivity (Wildman–Crippen MR) is 96.6 cm³/mol. The summed E-state index contributed by atoms with van der Waals surface area (Å²) in [5.41, 5.74) is 1.14. The number of ether oxygens (including phenoxy) is 1. The molecular weight excluding hydrogens is 344 g/mol. The van der Waals surface area contributed by atoms with E-state index in [-0.39, 0.29) is 17.0 Å². The molecule has 0 spiro atoms. The van der Waals surface area contributed by atoms with Gasteiger partial charge in [0.1, 0.15) is 10.5 Å². The summed E-state index contributed by atoms with van der Waals surface area (Å²) in [5.74, 6) is 0.737. The fourth-order valence-corrected chi connectivity index (χ4v) is 3.20. The summed E-state index contributed by atoms with van der Waals surface area (Å²) < 4.78 is 5.96. The summed E-state index contributed by atoms with van der Waals surface area (Å²) in [5, 5.41) is 12.9. The second kappa shape index (κ2) is 6.89. The highest BCUT2D eigenvalue weighted by atomic mass is 32.1. The Morgan fingerprint density at radius 3 is 2.92 bits per heavy atom. The molecule has 0 saturated carbocycles. The number of benzene rings is 1. The van der Waals surface area contributed by atoms with Crippen LogP contribution in [0.1, 0.15) is 12.7 Å². The smallest absolute Gasteiger partial charge is 0.311 e. The maximum Gasteiger partial charge on any atom is 0.311 e. The van der Waals surface area contributed by atoms with E-state index in [4.69, 9.17) is 4.74 Å². The first-order valence-electron chi connectivity index (χ1n) is 7.58. The molecule has 0 aliphatic rings. The molecule has 2 aromatic heterocycles. The van der Waals surface area contributed by atoms with Gasteiger partial charge in [0.2, 0.25) is 0 Å². The summed E-state index contributed by atoms with van der Waals surface area (Å²) in [6.07, 6.45) is 0. The molecule has 0 saturated heterocycles. The molecule has 8 nitrogen and oxygen atoms in total. The Balaban J connectivity index is 1.89. The minimum atomic E-state index is -0.474. The lowest BCUT2D eigenvalue weighted by Crippen LogP contribution is -2.21. The number of aromatic amines is 1. The van der Waals surface area contributed by atoms with Crippen LogP contribution in [0.3, 0.4) is 0 Å². The van der Waals surface area contributed by atoms with E-state index >= 15 is 0 Å². The van der Waals surface area contributed by atoms with Gasteiger partial charge in [-0.2, -0.15) is 0 Å². The van der Waals surface area contributed by atoms with E-state index in [0.29, 0.717) is 29.2 Å². The molecule has 130 valence electrons. The molecule has 3 rings (SSSR count). The van der Waals surface area contributed by atoms with Crippen molar-refractivity contribution >= 4 is 32.9 Å². The number of H-pyrrole nitrogens is 1. The van der Waals surface area contributed by atoms with Crippen LogP contribution in [0.15, 0.2) is 34.4 Å². The summed E-state index contributed by atoms with van der Waals surface area (Å²) in [7, 11) is 1.81. The van der Waals surface area contributed by atoms with Crippen molar-refractivity contribution in [3.8, 4) is 5.75 Å². The molecule has 0 bridgehead atoms. The third-order valence-electron chi connectivity index (χ3n) is 3.63. The zero-order valence-electron chi connectivity index (χ0n) is 13.7. The average molecular weight is 360 g/mol. The molecule has 0 atom stereocenters. The number of nitrogens with zero attached hydrogens (tertiary/aromatic N) is 3. The number of nitro groups is 1. The van der Waals surface area contributed by atoms with Crippen LogP contribution in [0.2, 0.25) is 0 Å². The van der Waals surface area contributed by atoms with E-state index in [1.165, 1.54) is 17.4 Å². The molecule has 0 fully saturated rings. The van der Waals surface area contributed by atoms with Gasteiger partial charge in [-0.15, -0.1) is 11.3 Å². The molecule has 3 aromatic rings. The normalized spacial score (nSPS) is 10.8. The van der Waals surface area contributed by atoms with Crippen molar-refractivity contribution < 1.29 is 9.66 Å². The SMILES string of the molecule is CCOc1cc(N(C)Cc2nc3ccsc3c(=O)[nH]2)ccc1[N+](=O)[O-]. The summed E-state index contributed by atoms with van der Waals surface area (Å²) >= 11 is 1.35. The molecule has 25 heavy (non-hydrogen) atoms. The highest BCUT2D eigenvalue weighted by molar-refractivity contribution is 7.17. The Labute approximate surface area is 146 Å². The molecule has 0 radical (unpaired) electrons. The van der Waals surface area contributed by atoms with Gasteiger partial charge in [-0.25, -0.2) is 4.98 Å². The van der Waals surface area contributed by atoms with Crippen molar-refractivity contribution in [2.45, 2.75) is 13.5 Å². The third-order valence-corrected chi connectivity index (χ3v) is 4.53. The number of rotatable bonds is 6. The summed E-state index contributed by atoms with van der Waals surface area (Å²) in [4.78, 5) is 31.7. The van der Waals surface area contributed by atoms with E-state index in [2.05, 4.69) is 9.97 Å². The van der Waals surface area contributed by atoms with Gasteiger partial charge in [0.05, 0.1) is 23.6 Å². The van der Waals surface area contributed by atoms with Crippen molar-refractivity contribution in [3.63, 3.8) is 0 Å². The van der Waals surface area contributed by atoms with Gasteiger partial charge in [0.25, 0.3) is 5.56 Å². The van der Waals surface area contributed by atoms with Crippen LogP contribution in [0.4, 0.5) is 11.4 Å². The van der Waals surface area contributed by atoms with E-state index < -0.39 is 4.92 Å². The first-order chi connectivity index (χ1) is 12.0. The number of nitrogens with one attached hydrogen (secondary N) is 1. The maximum atomic E-state index is 12.0. The van der Waals surface area contributed by atoms with Crippen LogP contribution < -0.4 is 15.2 Å². The van der Waals surface area contributed by atoms with Crippen molar-refractivity contribution in [1.82, 2.24) is 9.97 Å². The average Bonchev–Trinajstić information content (AvgIpc) is 3.04. The van der Waals surface area contributed by atoms with Gasteiger partial charge >= 0.3 is 5.69 Å². The molecule has 2 heterocycles. The van der Waals surface area contributed by atoms with E-state index in [1.54, 1.807) is 25.1 Å². The van der Waals surface area contributed by atoms with Crippen molar-refractivity contribution in [2.75, 3.05) is 18.6 Å². The van der Waals surface area contributed by atoms with Crippen molar-refractivity contribution in [3.05, 3.63) is 55.9 Å². The van der Waals surface area contributed by atoms with Gasteiger partial charge in [-0.05, 0) is 24.4 Å². The minimum Gasteiger partial charge on any atom is -0.487 e. The largest absolute Gasteiger partial charge is 0.487 e. The topological polar surface area (TPSA) is 101 Å². The fourth-order valence-electron chi connectivity index (χ4n) is 2.47. The molecule has 1 aromatic carbocycles. The predicted octanol–water partition coefficient (Wildman–Crippen LogP) is 2.93. The number of nitro benzene ring substituents is 1. The molecule has 0 aliphatic heterocycles. The minimum absolute atomic E-state index is 0.0785. The Morgan fingerprint density at radius 1 is 1.40 bits per heavy atom. The van der Waals surface area contributed by atoms with Crippen LogP contribution in [-0.2, 0) is 6.54 Å². The number of fused-ring (bicyclic) bond motifs is 1. The van der Waals surface area contributed by atoms with Crippen LogP contribution in [0, 0.1) is 10.1 Å². The highest BCUT2D eigenvalue weighted by Crippen LogP contribution is 2.31. The number of hydrogen-bond donors (Lipinski definition) is 1. The summed E-state index contributed by atoms with van der Waals surface area (Å²) in [6.45, 7) is 2.45. The number of aromatic nitrogens is 2. The molecule has 0 aliphatic carbocycles. The summed E-state index contributed by atoms with van der Waals surface area (Å²) in [6, 6.07) is 6.47. The third kappa shape index (κ3) is 3.45. The lowest BCUT2D eigenvalue weighted by Gasteiger charge is -2.19. The number of thiophene rings is 1.